The Morgan fingerprint density at radius 3 is 2.55 bits per heavy atom. The second-order valence-corrected chi connectivity index (χ2v) is 8.16. The van der Waals surface area contributed by atoms with Crippen LogP contribution in [-0.4, -0.2) is 48.8 Å². The quantitative estimate of drug-likeness (QED) is 0.563. The van der Waals surface area contributed by atoms with Gasteiger partial charge in [0, 0.05) is 23.2 Å². The first-order chi connectivity index (χ1) is 15.1. The molecule has 1 N–H and O–H groups in total. The molecule has 3 aromatic carbocycles. The number of amides is 2. The number of carbonyl (C=O) groups excluding carboxylic acids is 2. The molecule has 0 aromatic heterocycles. The van der Waals surface area contributed by atoms with Crippen LogP contribution in [-0.2, 0) is 9.59 Å². The van der Waals surface area contributed by atoms with E-state index in [0.29, 0.717) is 36.9 Å². The van der Waals surface area contributed by atoms with E-state index in [0.717, 1.165) is 10.3 Å². The summed E-state index contributed by atoms with van der Waals surface area (Å²) < 4.78 is 11.0. The van der Waals surface area contributed by atoms with Crippen molar-refractivity contribution in [2.75, 3.05) is 37.4 Å². The smallest absolute Gasteiger partial charge is 0.243 e. The summed E-state index contributed by atoms with van der Waals surface area (Å²) in [5, 5.41) is 5.15. The highest BCUT2D eigenvalue weighted by molar-refractivity contribution is 8.00. The number of hydrogen-bond acceptors (Lipinski definition) is 5. The van der Waals surface area contributed by atoms with Crippen LogP contribution in [0.4, 0.5) is 5.69 Å². The summed E-state index contributed by atoms with van der Waals surface area (Å²) in [4.78, 5) is 27.8. The van der Waals surface area contributed by atoms with Crippen LogP contribution >= 0.6 is 11.8 Å². The summed E-state index contributed by atoms with van der Waals surface area (Å²) >= 11 is 1.48. The van der Waals surface area contributed by atoms with E-state index in [4.69, 9.17) is 9.47 Å². The molecule has 1 aliphatic heterocycles. The number of thioether (sulfide) groups is 1. The van der Waals surface area contributed by atoms with Gasteiger partial charge in [0.15, 0.2) is 11.5 Å². The molecule has 6 nitrogen and oxygen atoms in total. The van der Waals surface area contributed by atoms with Crippen LogP contribution in [0.25, 0.3) is 10.8 Å². The number of likely N-dealkylation sites (N-methyl/N-ethyl adjacent to an activating group) is 1. The molecule has 1 aliphatic rings. The predicted molar refractivity (Wildman–Crippen MR) is 123 cm³/mol. The number of benzene rings is 3. The Morgan fingerprint density at radius 2 is 1.74 bits per heavy atom. The summed E-state index contributed by atoms with van der Waals surface area (Å²) in [6, 6.07) is 19.6. The first-order valence-corrected chi connectivity index (χ1v) is 11.2. The van der Waals surface area contributed by atoms with Crippen molar-refractivity contribution in [3.8, 4) is 11.5 Å². The van der Waals surface area contributed by atoms with Gasteiger partial charge >= 0.3 is 0 Å². The lowest BCUT2D eigenvalue weighted by Gasteiger charge is -2.21. The van der Waals surface area contributed by atoms with Crippen molar-refractivity contribution in [3.63, 3.8) is 0 Å². The van der Waals surface area contributed by atoms with Gasteiger partial charge in [0.2, 0.25) is 11.8 Å². The third-order valence-corrected chi connectivity index (χ3v) is 5.96. The number of nitrogens with one attached hydrogen (secondary N) is 1. The van der Waals surface area contributed by atoms with Gasteiger partial charge in [-0.15, -0.1) is 11.8 Å². The minimum atomic E-state index is -0.248. The molecule has 3 aromatic rings. The Kier molecular flexibility index (Phi) is 6.62. The molecule has 2 amide bonds. The molecular weight excluding hydrogens is 412 g/mol. The lowest BCUT2D eigenvalue weighted by atomic mass is 10.1. The van der Waals surface area contributed by atoms with Crippen LogP contribution in [0.15, 0.2) is 65.6 Å². The van der Waals surface area contributed by atoms with Crippen molar-refractivity contribution >= 4 is 40.0 Å². The Bertz CT molecular complexity index is 1100. The monoisotopic (exact) mass is 436 g/mol. The predicted octanol–water partition coefficient (Wildman–Crippen LogP) is 4.19. The standard InChI is InChI=1S/C24H24N2O4S/c1-2-26(15-23(27)25-19-8-10-21-22(14-19)30-12-11-29-21)24(28)16-31-20-9-7-17-5-3-4-6-18(17)13-20/h3-10,13-14H,2,11-12,15-16H2,1H3,(H,25,27). The van der Waals surface area contributed by atoms with Crippen molar-refractivity contribution in [3.05, 3.63) is 60.7 Å². The molecule has 0 saturated carbocycles. The van der Waals surface area contributed by atoms with Crippen LogP contribution in [0.2, 0.25) is 0 Å². The van der Waals surface area contributed by atoms with Crippen molar-refractivity contribution in [1.82, 2.24) is 4.90 Å². The largest absolute Gasteiger partial charge is 0.486 e. The number of ether oxygens (including phenoxy) is 2. The van der Waals surface area contributed by atoms with Crippen molar-refractivity contribution in [2.45, 2.75) is 11.8 Å². The van der Waals surface area contributed by atoms with Crippen LogP contribution in [0.5, 0.6) is 11.5 Å². The molecule has 0 radical (unpaired) electrons. The van der Waals surface area contributed by atoms with E-state index in [1.807, 2.05) is 25.1 Å². The summed E-state index contributed by atoms with van der Waals surface area (Å²) in [7, 11) is 0. The maximum Gasteiger partial charge on any atom is 0.243 e. The van der Waals surface area contributed by atoms with E-state index < -0.39 is 0 Å². The number of hydrogen-bond donors (Lipinski definition) is 1. The average molecular weight is 437 g/mol. The van der Waals surface area contributed by atoms with Crippen LogP contribution in [0.1, 0.15) is 6.92 Å². The van der Waals surface area contributed by atoms with Gasteiger partial charge in [0.05, 0.1) is 12.3 Å². The van der Waals surface area contributed by atoms with E-state index in [9.17, 15) is 9.59 Å². The molecule has 31 heavy (non-hydrogen) atoms. The maximum absolute atomic E-state index is 12.7. The third kappa shape index (κ3) is 5.30. The van der Waals surface area contributed by atoms with Gasteiger partial charge < -0.3 is 19.7 Å². The zero-order valence-corrected chi connectivity index (χ0v) is 18.1. The maximum atomic E-state index is 12.7. The molecule has 4 rings (SSSR count). The van der Waals surface area contributed by atoms with Gasteiger partial charge in [0.25, 0.3) is 0 Å². The topological polar surface area (TPSA) is 67.9 Å². The fourth-order valence-corrected chi connectivity index (χ4v) is 4.21. The summed E-state index contributed by atoms with van der Waals surface area (Å²) in [6.07, 6.45) is 0. The van der Waals surface area contributed by atoms with Crippen LogP contribution in [0.3, 0.4) is 0 Å². The summed E-state index contributed by atoms with van der Waals surface area (Å²) in [6.45, 7) is 3.34. The molecule has 0 spiro atoms. The minimum Gasteiger partial charge on any atom is -0.486 e. The molecule has 160 valence electrons. The molecule has 7 heteroatoms. The number of carbonyl (C=O) groups is 2. The molecule has 0 unspecified atom stereocenters. The Morgan fingerprint density at radius 1 is 0.968 bits per heavy atom. The number of fused-ring (bicyclic) bond motifs is 2. The van der Waals surface area contributed by atoms with Crippen LogP contribution in [0, 0.1) is 0 Å². The second kappa shape index (κ2) is 9.75. The van der Waals surface area contributed by atoms with Gasteiger partial charge in [-0.1, -0.05) is 30.3 Å². The lowest BCUT2D eigenvalue weighted by Crippen LogP contribution is -2.38. The van der Waals surface area contributed by atoms with E-state index in [2.05, 4.69) is 29.6 Å². The molecule has 0 aliphatic carbocycles. The Hall–Kier alpha value is -3.19. The van der Waals surface area contributed by atoms with E-state index >= 15 is 0 Å². The zero-order chi connectivity index (χ0) is 21.6. The van der Waals surface area contributed by atoms with E-state index in [1.165, 1.54) is 17.1 Å². The normalized spacial score (nSPS) is 12.4. The molecular formula is C24H24N2O4S. The van der Waals surface area contributed by atoms with Gasteiger partial charge in [0.1, 0.15) is 13.2 Å². The molecule has 0 saturated heterocycles. The fourth-order valence-electron chi connectivity index (χ4n) is 3.36. The fraction of sp³-hybridized carbons (Fsp3) is 0.250. The van der Waals surface area contributed by atoms with Gasteiger partial charge in [-0.2, -0.15) is 0 Å². The summed E-state index contributed by atoms with van der Waals surface area (Å²) in [5.41, 5.74) is 0.614. The highest BCUT2D eigenvalue weighted by Crippen LogP contribution is 2.32. The van der Waals surface area contributed by atoms with Crippen LogP contribution < -0.4 is 14.8 Å². The zero-order valence-electron chi connectivity index (χ0n) is 17.3. The van der Waals surface area contributed by atoms with Gasteiger partial charge in [-0.3, -0.25) is 9.59 Å². The molecule has 1 heterocycles. The van der Waals surface area contributed by atoms with E-state index in [-0.39, 0.29) is 24.1 Å². The minimum absolute atomic E-state index is 0.00204. The molecule has 0 atom stereocenters. The molecule has 0 fully saturated rings. The average Bonchev–Trinajstić information content (AvgIpc) is 2.80. The van der Waals surface area contributed by atoms with Crippen molar-refractivity contribution in [2.24, 2.45) is 0 Å². The van der Waals surface area contributed by atoms with E-state index in [1.54, 1.807) is 23.1 Å². The Balaban J connectivity index is 1.32. The SMILES string of the molecule is CCN(CC(=O)Nc1ccc2c(c1)OCCO2)C(=O)CSc1ccc2ccccc2c1. The first-order valence-electron chi connectivity index (χ1n) is 10.2. The van der Waals surface area contributed by atoms with Crippen molar-refractivity contribution in [1.29, 1.82) is 0 Å². The first kappa shape index (κ1) is 21.1. The number of rotatable bonds is 7. The number of anilines is 1. The highest BCUT2D eigenvalue weighted by atomic mass is 32.2. The van der Waals surface area contributed by atoms with Crippen molar-refractivity contribution < 1.29 is 19.1 Å². The summed E-state index contributed by atoms with van der Waals surface area (Å²) in [5.74, 6) is 1.24. The second-order valence-electron chi connectivity index (χ2n) is 7.11. The Labute approximate surface area is 185 Å². The van der Waals surface area contributed by atoms with Gasteiger partial charge in [-0.05, 0) is 42.0 Å². The lowest BCUT2D eigenvalue weighted by molar-refractivity contribution is -0.132. The number of nitrogens with zero attached hydrogens (tertiary/aromatic N) is 1. The third-order valence-electron chi connectivity index (χ3n) is 4.98. The highest BCUT2D eigenvalue weighted by Gasteiger charge is 2.17. The molecule has 0 bridgehead atoms. The van der Waals surface area contributed by atoms with Gasteiger partial charge in [-0.25, -0.2) is 0 Å².